The van der Waals surface area contributed by atoms with Gasteiger partial charge in [-0.3, -0.25) is 0 Å². The lowest BCUT2D eigenvalue weighted by atomic mass is 9.97. The number of rotatable bonds is 2. The highest BCUT2D eigenvalue weighted by Crippen LogP contribution is 2.20. The summed E-state index contributed by atoms with van der Waals surface area (Å²) in [7, 11) is 0. The molecule has 1 aromatic rings. The highest BCUT2D eigenvalue weighted by Gasteiger charge is 2.13. The van der Waals surface area contributed by atoms with Gasteiger partial charge >= 0.3 is 0 Å². The number of anilines is 1. The van der Waals surface area contributed by atoms with Crippen LogP contribution in [0.4, 0.5) is 5.69 Å². The number of nitrogens with one attached hydrogen (secondary N) is 2. The van der Waals surface area contributed by atoms with Gasteiger partial charge in [-0.15, -0.1) is 0 Å². The fourth-order valence-corrected chi connectivity index (χ4v) is 3.22. The molecule has 110 valence electrons. The van der Waals surface area contributed by atoms with E-state index in [4.69, 9.17) is 12.2 Å². The lowest BCUT2D eigenvalue weighted by Crippen LogP contribution is -2.38. The standard InChI is InChI=1S/C17H26N2S/c1-13-9-8-10-14(2)16(13)19-17(20)18-15-11-6-4-3-5-7-12-15/h8-10,15H,3-7,11-12H2,1-2H3,(H2,18,19,20). The van der Waals surface area contributed by atoms with E-state index < -0.39 is 0 Å². The highest BCUT2D eigenvalue weighted by molar-refractivity contribution is 7.80. The molecule has 0 bridgehead atoms. The molecule has 1 saturated carbocycles. The SMILES string of the molecule is Cc1cccc(C)c1NC(=S)NC1CCCCCCC1. The highest BCUT2D eigenvalue weighted by atomic mass is 32.1. The minimum absolute atomic E-state index is 0.541. The Balaban J connectivity index is 1.91. The van der Waals surface area contributed by atoms with Crippen molar-refractivity contribution >= 4 is 23.0 Å². The number of para-hydroxylation sites is 1. The van der Waals surface area contributed by atoms with E-state index in [-0.39, 0.29) is 0 Å². The van der Waals surface area contributed by atoms with E-state index in [0.717, 1.165) is 10.8 Å². The van der Waals surface area contributed by atoms with E-state index in [2.05, 4.69) is 42.7 Å². The average molecular weight is 290 g/mol. The first kappa shape index (κ1) is 15.3. The van der Waals surface area contributed by atoms with Crippen LogP contribution < -0.4 is 10.6 Å². The first-order valence-corrected chi connectivity index (χ1v) is 8.21. The Labute approximate surface area is 128 Å². The molecule has 0 unspecified atom stereocenters. The summed E-state index contributed by atoms with van der Waals surface area (Å²) in [6, 6.07) is 6.86. The molecule has 0 aromatic heterocycles. The van der Waals surface area contributed by atoms with Gasteiger partial charge in [0.05, 0.1) is 0 Å². The zero-order valence-electron chi connectivity index (χ0n) is 12.7. The summed E-state index contributed by atoms with van der Waals surface area (Å²) < 4.78 is 0. The number of hydrogen-bond donors (Lipinski definition) is 2. The summed E-state index contributed by atoms with van der Waals surface area (Å²) in [4.78, 5) is 0. The van der Waals surface area contributed by atoms with Crippen molar-refractivity contribution < 1.29 is 0 Å². The smallest absolute Gasteiger partial charge is 0.171 e. The van der Waals surface area contributed by atoms with E-state index in [0.29, 0.717) is 6.04 Å². The molecule has 1 aliphatic rings. The molecule has 3 heteroatoms. The zero-order valence-corrected chi connectivity index (χ0v) is 13.5. The van der Waals surface area contributed by atoms with Crippen LogP contribution in [0, 0.1) is 13.8 Å². The summed E-state index contributed by atoms with van der Waals surface area (Å²) in [5.41, 5.74) is 3.63. The quantitative estimate of drug-likeness (QED) is 0.772. The van der Waals surface area contributed by atoms with Crippen LogP contribution in [0.25, 0.3) is 0 Å². The third-order valence-corrected chi connectivity index (χ3v) is 4.38. The van der Waals surface area contributed by atoms with Gasteiger partial charge in [0.1, 0.15) is 0 Å². The first-order valence-electron chi connectivity index (χ1n) is 7.80. The van der Waals surface area contributed by atoms with Crippen LogP contribution in [-0.2, 0) is 0 Å². The van der Waals surface area contributed by atoms with Crippen molar-refractivity contribution in [2.75, 3.05) is 5.32 Å². The van der Waals surface area contributed by atoms with Gasteiger partial charge in [0, 0.05) is 11.7 Å². The first-order chi connectivity index (χ1) is 9.66. The Morgan fingerprint density at radius 2 is 1.55 bits per heavy atom. The second-order valence-corrected chi connectivity index (χ2v) is 6.32. The normalized spacial score (nSPS) is 17.1. The van der Waals surface area contributed by atoms with Gasteiger partial charge in [-0.1, -0.05) is 50.3 Å². The largest absolute Gasteiger partial charge is 0.360 e. The molecule has 0 heterocycles. The van der Waals surface area contributed by atoms with Crippen LogP contribution in [0.3, 0.4) is 0 Å². The average Bonchev–Trinajstić information content (AvgIpc) is 2.37. The Morgan fingerprint density at radius 3 is 2.15 bits per heavy atom. The lowest BCUT2D eigenvalue weighted by Gasteiger charge is -2.23. The Morgan fingerprint density at radius 1 is 1.00 bits per heavy atom. The summed E-state index contributed by atoms with van der Waals surface area (Å²) in [5.74, 6) is 0. The van der Waals surface area contributed by atoms with Crippen molar-refractivity contribution in [1.82, 2.24) is 5.32 Å². The molecular weight excluding hydrogens is 264 g/mol. The summed E-state index contributed by atoms with van der Waals surface area (Å²) >= 11 is 5.49. The van der Waals surface area contributed by atoms with E-state index in [1.165, 1.54) is 56.1 Å². The Bertz CT molecular complexity index is 428. The molecule has 0 atom stereocenters. The molecule has 2 N–H and O–H groups in total. The van der Waals surface area contributed by atoms with Crippen LogP contribution in [-0.4, -0.2) is 11.2 Å². The third-order valence-electron chi connectivity index (χ3n) is 4.16. The molecule has 2 rings (SSSR count). The van der Waals surface area contributed by atoms with E-state index in [1.54, 1.807) is 0 Å². The third kappa shape index (κ3) is 4.48. The van der Waals surface area contributed by atoms with E-state index in [1.807, 2.05) is 0 Å². The van der Waals surface area contributed by atoms with Crippen LogP contribution in [0.15, 0.2) is 18.2 Å². The lowest BCUT2D eigenvalue weighted by molar-refractivity contribution is 0.430. The van der Waals surface area contributed by atoms with Crippen LogP contribution in [0.2, 0.25) is 0 Å². The van der Waals surface area contributed by atoms with Crippen LogP contribution in [0.1, 0.15) is 56.1 Å². The van der Waals surface area contributed by atoms with Gasteiger partial charge in [0.2, 0.25) is 0 Å². The topological polar surface area (TPSA) is 24.1 Å². The molecular formula is C17H26N2S. The van der Waals surface area contributed by atoms with Crippen molar-refractivity contribution in [3.63, 3.8) is 0 Å². The molecule has 0 amide bonds. The van der Waals surface area contributed by atoms with Crippen LogP contribution >= 0.6 is 12.2 Å². The second-order valence-electron chi connectivity index (χ2n) is 5.91. The number of benzene rings is 1. The Hall–Kier alpha value is -1.09. The molecule has 1 fully saturated rings. The molecule has 0 saturated heterocycles. The maximum absolute atomic E-state index is 5.49. The fraction of sp³-hybridized carbons (Fsp3) is 0.588. The predicted molar refractivity (Wildman–Crippen MR) is 91.4 cm³/mol. The monoisotopic (exact) mass is 290 g/mol. The number of hydrogen-bond acceptors (Lipinski definition) is 1. The van der Waals surface area contributed by atoms with Crippen molar-refractivity contribution in [2.24, 2.45) is 0 Å². The maximum Gasteiger partial charge on any atom is 0.171 e. The van der Waals surface area contributed by atoms with Crippen molar-refractivity contribution in [2.45, 2.75) is 64.8 Å². The zero-order chi connectivity index (χ0) is 14.4. The minimum atomic E-state index is 0.541. The number of aryl methyl sites for hydroxylation is 2. The minimum Gasteiger partial charge on any atom is -0.360 e. The van der Waals surface area contributed by atoms with Crippen molar-refractivity contribution in [1.29, 1.82) is 0 Å². The van der Waals surface area contributed by atoms with Gasteiger partial charge in [-0.2, -0.15) is 0 Å². The summed E-state index contributed by atoms with van der Waals surface area (Å²) in [6.07, 6.45) is 9.28. The number of thiocarbonyl (C=S) groups is 1. The van der Waals surface area contributed by atoms with Crippen molar-refractivity contribution in [3.05, 3.63) is 29.3 Å². The van der Waals surface area contributed by atoms with Gasteiger partial charge in [0.25, 0.3) is 0 Å². The molecule has 0 spiro atoms. The van der Waals surface area contributed by atoms with Crippen LogP contribution in [0.5, 0.6) is 0 Å². The van der Waals surface area contributed by atoms with E-state index in [9.17, 15) is 0 Å². The molecule has 20 heavy (non-hydrogen) atoms. The van der Waals surface area contributed by atoms with E-state index >= 15 is 0 Å². The summed E-state index contributed by atoms with van der Waals surface area (Å²) in [5, 5.41) is 7.66. The predicted octanol–water partition coefficient (Wildman–Crippen LogP) is 4.70. The molecule has 0 radical (unpaired) electrons. The molecule has 1 aromatic carbocycles. The van der Waals surface area contributed by atoms with Crippen molar-refractivity contribution in [3.8, 4) is 0 Å². The maximum atomic E-state index is 5.49. The van der Waals surface area contributed by atoms with Gasteiger partial charge in [0.15, 0.2) is 5.11 Å². The Kier molecular flexibility index (Phi) is 5.84. The van der Waals surface area contributed by atoms with Gasteiger partial charge < -0.3 is 10.6 Å². The summed E-state index contributed by atoms with van der Waals surface area (Å²) in [6.45, 7) is 4.24. The molecule has 2 nitrogen and oxygen atoms in total. The van der Waals surface area contributed by atoms with Gasteiger partial charge in [-0.25, -0.2) is 0 Å². The molecule has 1 aliphatic carbocycles. The van der Waals surface area contributed by atoms with Gasteiger partial charge in [-0.05, 0) is 50.0 Å². The molecule has 0 aliphatic heterocycles. The second kappa shape index (κ2) is 7.63. The fourth-order valence-electron chi connectivity index (χ4n) is 2.95.